The van der Waals surface area contributed by atoms with Gasteiger partial charge in [-0.1, -0.05) is 18.2 Å². The summed E-state index contributed by atoms with van der Waals surface area (Å²) in [5.74, 6) is -0.0917. The number of pyridine rings is 1. The van der Waals surface area contributed by atoms with Gasteiger partial charge in [0.15, 0.2) is 0 Å². The van der Waals surface area contributed by atoms with Crippen molar-refractivity contribution < 1.29 is 4.79 Å². The van der Waals surface area contributed by atoms with Crippen LogP contribution < -0.4 is 10.9 Å². The highest BCUT2D eigenvalue weighted by Crippen LogP contribution is 2.18. The molecule has 1 aliphatic heterocycles. The van der Waals surface area contributed by atoms with Gasteiger partial charge in [-0.2, -0.15) is 0 Å². The minimum atomic E-state index is -0.243. The standard InChI is InChI=1S/C16H19N3O2/c1-19(11-5-4-8-17-10-11)16(21)13-9-15(20)18-14-7-3-2-6-12(13)14/h2-3,6-7,9,11,17H,4-5,8,10H2,1H3,(H,18,20). The molecule has 1 aromatic carbocycles. The first-order valence-electron chi connectivity index (χ1n) is 7.27. The van der Waals surface area contributed by atoms with Gasteiger partial charge in [-0.05, 0) is 25.5 Å². The molecule has 110 valence electrons. The SMILES string of the molecule is CN(C(=O)c1cc(=O)[nH]c2ccccc12)C1CCCNC1. The third-order valence-electron chi connectivity index (χ3n) is 4.12. The Hall–Kier alpha value is -2.14. The Balaban J connectivity index is 1.99. The summed E-state index contributed by atoms with van der Waals surface area (Å²) >= 11 is 0. The first-order valence-corrected chi connectivity index (χ1v) is 7.27. The predicted molar refractivity (Wildman–Crippen MR) is 82.6 cm³/mol. The summed E-state index contributed by atoms with van der Waals surface area (Å²) in [6.45, 7) is 1.82. The summed E-state index contributed by atoms with van der Waals surface area (Å²) < 4.78 is 0. The number of carbonyl (C=O) groups excluding carboxylic acids is 1. The largest absolute Gasteiger partial charge is 0.337 e. The number of aromatic nitrogens is 1. The van der Waals surface area contributed by atoms with E-state index in [1.54, 1.807) is 4.90 Å². The summed E-state index contributed by atoms with van der Waals surface area (Å²) in [5, 5.41) is 4.10. The van der Waals surface area contributed by atoms with Crippen molar-refractivity contribution in [2.45, 2.75) is 18.9 Å². The van der Waals surface area contributed by atoms with E-state index >= 15 is 0 Å². The quantitative estimate of drug-likeness (QED) is 0.875. The highest BCUT2D eigenvalue weighted by molar-refractivity contribution is 6.05. The highest BCUT2D eigenvalue weighted by atomic mass is 16.2. The van der Waals surface area contributed by atoms with Gasteiger partial charge in [-0.15, -0.1) is 0 Å². The second-order valence-corrected chi connectivity index (χ2v) is 5.51. The first kappa shape index (κ1) is 13.8. The Morgan fingerprint density at radius 2 is 2.14 bits per heavy atom. The molecular weight excluding hydrogens is 266 g/mol. The molecule has 5 nitrogen and oxygen atoms in total. The van der Waals surface area contributed by atoms with E-state index in [0.29, 0.717) is 11.1 Å². The number of carbonyl (C=O) groups is 1. The first-order chi connectivity index (χ1) is 10.2. The smallest absolute Gasteiger partial charge is 0.254 e. The van der Waals surface area contributed by atoms with Crippen LogP contribution in [0.25, 0.3) is 10.9 Å². The number of para-hydroxylation sites is 1. The Morgan fingerprint density at radius 1 is 1.33 bits per heavy atom. The molecule has 2 N–H and O–H groups in total. The molecule has 0 aliphatic carbocycles. The fourth-order valence-electron chi connectivity index (χ4n) is 2.90. The number of aromatic amines is 1. The number of hydrogen-bond donors (Lipinski definition) is 2. The maximum Gasteiger partial charge on any atom is 0.254 e. The third kappa shape index (κ3) is 2.69. The van der Waals surface area contributed by atoms with E-state index in [1.807, 2.05) is 31.3 Å². The van der Waals surface area contributed by atoms with Gasteiger partial charge < -0.3 is 15.2 Å². The van der Waals surface area contributed by atoms with Crippen molar-refractivity contribution in [3.63, 3.8) is 0 Å². The molecule has 2 heterocycles. The van der Waals surface area contributed by atoms with Gasteiger partial charge in [0.2, 0.25) is 5.56 Å². The second-order valence-electron chi connectivity index (χ2n) is 5.51. The Bertz CT molecular complexity index is 717. The van der Waals surface area contributed by atoms with Crippen molar-refractivity contribution in [3.05, 3.63) is 46.2 Å². The van der Waals surface area contributed by atoms with Crippen molar-refractivity contribution in [2.75, 3.05) is 20.1 Å². The van der Waals surface area contributed by atoms with Crippen molar-refractivity contribution in [1.82, 2.24) is 15.2 Å². The minimum Gasteiger partial charge on any atom is -0.337 e. The number of nitrogens with one attached hydrogen (secondary N) is 2. The number of likely N-dealkylation sites (N-methyl/N-ethyl adjacent to an activating group) is 1. The van der Waals surface area contributed by atoms with Crippen molar-refractivity contribution in [2.24, 2.45) is 0 Å². The van der Waals surface area contributed by atoms with E-state index in [0.717, 1.165) is 31.3 Å². The van der Waals surface area contributed by atoms with Gasteiger partial charge in [0.05, 0.1) is 5.56 Å². The molecule has 0 radical (unpaired) electrons. The molecule has 1 aliphatic rings. The summed E-state index contributed by atoms with van der Waals surface area (Å²) in [6.07, 6.45) is 2.06. The fraction of sp³-hybridized carbons (Fsp3) is 0.375. The van der Waals surface area contributed by atoms with Crippen LogP contribution in [0.1, 0.15) is 23.2 Å². The molecule has 0 saturated carbocycles. The number of hydrogen-bond acceptors (Lipinski definition) is 3. The zero-order chi connectivity index (χ0) is 14.8. The van der Waals surface area contributed by atoms with Crippen molar-refractivity contribution in [3.8, 4) is 0 Å². The van der Waals surface area contributed by atoms with Crippen LogP contribution in [0.3, 0.4) is 0 Å². The lowest BCUT2D eigenvalue weighted by molar-refractivity contribution is 0.0710. The van der Waals surface area contributed by atoms with E-state index in [4.69, 9.17) is 0 Å². The fourth-order valence-corrected chi connectivity index (χ4v) is 2.90. The number of rotatable bonds is 2. The summed E-state index contributed by atoms with van der Waals surface area (Å²) in [4.78, 5) is 29.0. The van der Waals surface area contributed by atoms with E-state index in [2.05, 4.69) is 10.3 Å². The van der Waals surface area contributed by atoms with Gasteiger partial charge in [-0.25, -0.2) is 0 Å². The molecule has 1 fully saturated rings. The summed E-state index contributed by atoms with van der Waals surface area (Å²) in [7, 11) is 1.82. The lowest BCUT2D eigenvalue weighted by atomic mass is 10.0. The molecule has 1 atom stereocenters. The van der Waals surface area contributed by atoms with Gasteiger partial charge in [0, 0.05) is 36.6 Å². The molecule has 1 unspecified atom stereocenters. The molecule has 5 heteroatoms. The predicted octanol–water partition coefficient (Wildman–Crippen LogP) is 1.35. The molecule has 3 rings (SSSR count). The van der Waals surface area contributed by atoms with Crippen LogP contribution >= 0.6 is 0 Å². The zero-order valence-electron chi connectivity index (χ0n) is 12.1. The van der Waals surface area contributed by atoms with Crippen LogP contribution in [-0.2, 0) is 0 Å². The second kappa shape index (κ2) is 5.69. The van der Waals surface area contributed by atoms with Crippen LogP contribution in [0.4, 0.5) is 0 Å². The zero-order valence-corrected chi connectivity index (χ0v) is 12.1. The van der Waals surface area contributed by atoms with Crippen LogP contribution in [0, 0.1) is 0 Å². The Kier molecular flexibility index (Phi) is 3.75. The average Bonchev–Trinajstić information content (AvgIpc) is 2.53. The molecule has 0 spiro atoms. The number of fused-ring (bicyclic) bond motifs is 1. The summed E-state index contributed by atoms with van der Waals surface area (Å²) in [6, 6.07) is 8.99. The molecule has 1 aromatic heterocycles. The number of piperidine rings is 1. The van der Waals surface area contributed by atoms with E-state index in [1.165, 1.54) is 6.07 Å². The summed E-state index contributed by atoms with van der Waals surface area (Å²) in [5.41, 5.74) is 0.929. The van der Waals surface area contributed by atoms with E-state index in [9.17, 15) is 9.59 Å². The van der Waals surface area contributed by atoms with Crippen LogP contribution in [-0.4, -0.2) is 42.0 Å². The lowest BCUT2D eigenvalue weighted by Gasteiger charge is -2.32. The van der Waals surface area contributed by atoms with Crippen molar-refractivity contribution in [1.29, 1.82) is 0 Å². The van der Waals surface area contributed by atoms with Gasteiger partial charge in [-0.3, -0.25) is 9.59 Å². The molecule has 1 saturated heterocycles. The molecule has 1 amide bonds. The van der Waals surface area contributed by atoms with E-state index in [-0.39, 0.29) is 17.5 Å². The minimum absolute atomic E-state index is 0.0917. The molecule has 2 aromatic rings. The molecular formula is C16H19N3O2. The van der Waals surface area contributed by atoms with Gasteiger partial charge in [0.25, 0.3) is 5.91 Å². The highest BCUT2D eigenvalue weighted by Gasteiger charge is 2.24. The Labute approximate surface area is 123 Å². The number of amides is 1. The average molecular weight is 285 g/mol. The monoisotopic (exact) mass is 285 g/mol. The third-order valence-corrected chi connectivity index (χ3v) is 4.12. The Morgan fingerprint density at radius 3 is 2.90 bits per heavy atom. The number of H-pyrrole nitrogens is 1. The maximum atomic E-state index is 12.8. The van der Waals surface area contributed by atoms with Crippen LogP contribution in [0.2, 0.25) is 0 Å². The number of nitrogens with zero attached hydrogens (tertiary/aromatic N) is 1. The maximum absolute atomic E-state index is 12.8. The van der Waals surface area contributed by atoms with Gasteiger partial charge in [0.1, 0.15) is 0 Å². The van der Waals surface area contributed by atoms with Crippen molar-refractivity contribution >= 4 is 16.8 Å². The number of benzene rings is 1. The molecule has 21 heavy (non-hydrogen) atoms. The van der Waals surface area contributed by atoms with Crippen LogP contribution in [0.5, 0.6) is 0 Å². The normalized spacial score (nSPS) is 18.6. The van der Waals surface area contributed by atoms with Crippen LogP contribution in [0.15, 0.2) is 35.1 Å². The van der Waals surface area contributed by atoms with E-state index < -0.39 is 0 Å². The van der Waals surface area contributed by atoms with Gasteiger partial charge >= 0.3 is 0 Å². The lowest BCUT2D eigenvalue weighted by Crippen LogP contribution is -2.46. The topological polar surface area (TPSA) is 65.2 Å². The molecule has 0 bridgehead atoms.